The van der Waals surface area contributed by atoms with Crippen molar-refractivity contribution in [3.63, 3.8) is 0 Å². The minimum Gasteiger partial charge on any atom is -0.488 e. The van der Waals surface area contributed by atoms with Crippen molar-refractivity contribution in [2.75, 3.05) is 19.5 Å². The molecule has 0 aliphatic carbocycles. The van der Waals surface area contributed by atoms with Crippen LogP contribution in [0.1, 0.15) is 6.42 Å². The fourth-order valence-electron chi connectivity index (χ4n) is 1.51. The van der Waals surface area contributed by atoms with Crippen molar-refractivity contribution in [2.45, 2.75) is 17.6 Å². The van der Waals surface area contributed by atoms with Crippen molar-refractivity contribution in [3.05, 3.63) is 16.7 Å². The molecule has 0 saturated carbocycles. The summed E-state index contributed by atoms with van der Waals surface area (Å²) in [6.45, 7) is 1.21. The molecule has 1 aromatic rings. The minimum absolute atomic E-state index is 0.000732. The van der Waals surface area contributed by atoms with Gasteiger partial charge in [-0.2, -0.15) is 0 Å². The molecule has 0 radical (unpaired) electrons. The van der Waals surface area contributed by atoms with Gasteiger partial charge in [0.05, 0.1) is 13.2 Å². The molecule has 1 aliphatic rings. The summed E-state index contributed by atoms with van der Waals surface area (Å²) in [5.41, 5.74) is 0. The molecule has 1 unspecified atom stereocenters. The van der Waals surface area contributed by atoms with E-state index in [1.807, 2.05) is 0 Å². The van der Waals surface area contributed by atoms with E-state index < -0.39 is 9.84 Å². The number of pyridine rings is 1. The molecule has 94 valence electrons. The van der Waals surface area contributed by atoms with Crippen LogP contribution in [0.25, 0.3) is 0 Å². The second-order valence-corrected chi connectivity index (χ2v) is 6.61. The van der Waals surface area contributed by atoms with Gasteiger partial charge >= 0.3 is 0 Å². The summed E-state index contributed by atoms with van der Waals surface area (Å²) in [7, 11) is -3.33. The molecule has 1 aromatic heterocycles. The Balaban J connectivity index is 2.25. The van der Waals surface area contributed by atoms with Gasteiger partial charge in [0.2, 0.25) is 0 Å². The number of sulfone groups is 1. The van der Waals surface area contributed by atoms with E-state index in [0.29, 0.717) is 23.6 Å². The summed E-state index contributed by atoms with van der Waals surface area (Å²) in [5, 5.41) is 0.000732. The van der Waals surface area contributed by atoms with Gasteiger partial charge in [-0.05, 0) is 15.9 Å². The van der Waals surface area contributed by atoms with Gasteiger partial charge in [-0.3, -0.25) is 0 Å². The van der Waals surface area contributed by atoms with Crippen LogP contribution in [-0.2, 0) is 14.6 Å². The van der Waals surface area contributed by atoms with Crippen LogP contribution in [0.2, 0.25) is 0 Å². The Hall–Kier alpha value is -0.660. The van der Waals surface area contributed by atoms with Gasteiger partial charge in [-0.1, -0.05) is 0 Å². The lowest BCUT2D eigenvalue weighted by Crippen LogP contribution is -2.16. The molecule has 0 N–H and O–H groups in total. The molecule has 0 spiro atoms. The van der Waals surface area contributed by atoms with Crippen molar-refractivity contribution < 1.29 is 17.9 Å². The quantitative estimate of drug-likeness (QED) is 0.788. The zero-order chi connectivity index (χ0) is 12.5. The molecule has 1 fully saturated rings. The second-order valence-electron chi connectivity index (χ2n) is 3.84. The summed E-state index contributed by atoms with van der Waals surface area (Å²) in [6, 6.07) is 3.07. The Morgan fingerprint density at radius 1 is 1.53 bits per heavy atom. The number of nitrogens with zero attached hydrogens (tertiary/aromatic N) is 1. The van der Waals surface area contributed by atoms with E-state index in [2.05, 4.69) is 20.9 Å². The number of hydrogen-bond acceptors (Lipinski definition) is 5. The molecule has 0 bridgehead atoms. The Morgan fingerprint density at radius 3 is 2.88 bits per heavy atom. The van der Waals surface area contributed by atoms with Crippen molar-refractivity contribution in [2.24, 2.45) is 0 Å². The first-order chi connectivity index (χ1) is 7.95. The van der Waals surface area contributed by atoms with E-state index in [0.717, 1.165) is 12.7 Å². The first-order valence-electron chi connectivity index (χ1n) is 5.07. The van der Waals surface area contributed by atoms with Gasteiger partial charge in [0.25, 0.3) is 0 Å². The van der Waals surface area contributed by atoms with E-state index in [4.69, 9.17) is 9.47 Å². The normalized spacial score (nSPS) is 20.5. The van der Waals surface area contributed by atoms with Crippen LogP contribution in [0.15, 0.2) is 21.8 Å². The fourth-order valence-corrected chi connectivity index (χ4v) is 2.64. The molecule has 1 atom stereocenters. The maximum absolute atomic E-state index is 11.4. The summed E-state index contributed by atoms with van der Waals surface area (Å²) < 4.78 is 34.1. The molecular weight excluding hydrogens is 310 g/mol. The van der Waals surface area contributed by atoms with Crippen LogP contribution < -0.4 is 4.74 Å². The lowest BCUT2D eigenvalue weighted by atomic mass is 10.3. The summed E-state index contributed by atoms with van der Waals surface area (Å²) in [5.74, 6) is 0.489. The zero-order valence-corrected chi connectivity index (χ0v) is 11.6. The van der Waals surface area contributed by atoms with E-state index in [9.17, 15) is 8.42 Å². The SMILES string of the molecule is CS(=O)(=O)c1cc(OC2CCOC2)cc(Br)n1. The predicted molar refractivity (Wildman–Crippen MR) is 64.9 cm³/mol. The third-order valence-corrected chi connectivity index (χ3v) is 3.69. The van der Waals surface area contributed by atoms with Crippen molar-refractivity contribution in [1.29, 1.82) is 0 Å². The molecule has 2 heterocycles. The Morgan fingerprint density at radius 2 is 2.29 bits per heavy atom. The standard InChI is InChI=1S/C10H12BrNO4S/c1-17(13,14)10-5-8(4-9(11)12-10)16-7-2-3-15-6-7/h4-5,7H,2-3,6H2,1H3. The fraction of sp³-hybridized carbons (Fsp3) is 0.500. The number of aromatic nitrogens is 1. The highest BCUT2D eigenvalue weighted by atomic mass is 79.9. The largest absolute Gasteiger partial charge is 0.488 e. The minimum atomic E-state index is -3.33. The summed E-state index contributed by atoms with van der Waals surface area (Å²) in [6.07, 6.45) is 1.91. The van der Waals surface area contributed by atoms with E-state index in [1.54, 1.807) is 6.07 Å². The maximum atomic E-state index is 11.4. The van der Waals surface area contributed by atoms with Crippen LogP contribution in [0.3, 0.4) is 0 Å². The molecule has 5 nitrogen and oxygen atoms in total. The zero-order valence-electron chi connectivity index (χ0n) is 9.22. The van der Waals surface area contributed by atoms with Crippen LogP contribution in [0.4, 0.5) is 0 Å². The van der Waals surface area contributed by atoms with Gasteiger partial charge in [0.1, 0.15) is 16.5 Å². The summed E-state index contributed by atoms with van der Waals surface area (Å²) >= 11 is 3.17. The van der Waals surface area contributed by atoms with Crippen LogP contribution >= 0.6 is 15.9 Å². The van der Waals surface area contributed by atoms with Gasteiger partial charge in [-0.15, -0.1) is 0 Å². The van der Waals surface area contributed by atoms with Gasteiger partial charge in [-0.25, -0.2) is 13.4 Å². The van der Waals surface area contributed by atoms with Crippen molar-refractivity contribution in [1.82, 2.24) is 4.98 Å². The van der Waals surface area contributed by atoms with E-state index in [1.165, 1.54) is 6.07 Å². The third-order valence-electron chi connectivity index (χ3n) is 2.31. The monoisotopic (exact) mass is 321 g/mol. The number of ether oxygens (including phenoxy) is 2. The van der Waals surface area contributed by atoms with Crippen LogP contribution in [0.5, 0.6) is 5.75 Å². The Labute approximate surface area is 108 Å². The molecular formula is C10H12BrNO4S. The average molecular weight is 322 g/mol. The van der Waals surface area contributed by atoms with Gasteiger partial charge in [0.15, 0.2) is 14.9 Å². The maximum Gasteiger partial charge on any atom is 0.192 e. The predicted octanol–water partition coefficient (Wildman–Crippen LogP) is 1.42. The second kappa shape index (κ2) is 4.91. The first-order valence-corrected chi connectivity index (χ1v) is 7.75. The summed E-state index contributed by atoms with van der Waals surface area (Å²) in [4.78, 5) is 3.90. The van der Waals surface area contributed by atoms with Crippen molar-refractivity contribution >= 4 is 25.8 Å². The lowest BCUT2D eigenvalue weighted by Gasteiger charge is -2.12. The van der Waals surface area contributed by atoms with E-state index >= 15 is 0 Å². The number of rotatable bonds is 3. The van der Waals surface area contributed by atoms with E-state index in [-0.39, 0.29) is 11.1 Å². The smallest absolute Gasteiger partial charge is 0.192 e. The Kier molecular flexibility index (Phi) is 3.70. The highest BCUT2D eigenvalue weighted by Gasteiger charge is 2.19. The highest BCUT2D eigenvalue weighted by molar-refractivity contribution is 9.10. The first kappa shape index (κ1) is 12.8. The molecule has 0 aromatic carbocycles. The van der Waals surface area contributed by atoms with Crippen LogP contribution in [-0.4, -0.2) is 39.0 Å². The topological polar surface area (TPSA) is 65.5 Å². The number of hydrogen-bond donors (Lipinski definition) is 0. The van der Waals surface area contributed by atoms with Gasteiger partial charge < -0.3 is 9.47 Å². The van der Waals surface area contributed by atoms with Crippen LogP contribution in [0, 0.1) is 0 Å². The lowest BCUT2D eigenvalue weighted by molar-refractivity contribution is 0.141. The average Bonchev–Trinajstić information content (AvgIpc) is 2.68. The molecule has 0 amide bonds. The highest BCUT2D eigenvalue weighted by Crippen LogP contribution is 2.23. The molecule has 7 heteroatoms. The molecule has 2 rings (SSSR count). The molecule has 1 saturated heterocycles. The molecule has 1 aliphatic heterocycles. The third kappa shape index (κ3) is 3.40. The Bertz CT molecular complexity index is 511. The van der Waals surface area contributed by atoms with Crippen molar-refractivity contribution in [3.8, 4) is 5.75 Å². The van der Waals surface area contributed by atoms with Gasteiger partial charge in [0, 0.05) is 24.8 Å². The molecule has 17 heavy (non-hydrogen) atoms. The number of halogens is 1.